The minimum absolute atomic E-state index is 0.0724. The molecule has 192 valence electrons. The Morgan fingerprint density at radius 3 is 2.73 bits per heavy atom. The van der Waals surface area contributed by atoms with E-state index < -0.39 is 23.6 Å². The van der Waals surface area contributed by atoms with E-state index in [-0.39, 0.29) is 37.1 Å². The third kappa shape index (κ3) is 4.38. The van der Waals surface area contributed by atoms with Gasteiger partial charge in [0.2, 0.25) is 0 Å². The molecule has 3 heterocycles. The highest BCUT2D eigenvalue weighted by Crippen LogP contribution is 2.35. The molecule has 0 bridgehead atoms. The number of hydrogen-bond acceptors (Lipinski definition) is 7. The highest BCUT2D eigenvalue weighted by atomic mass is 16.5. The molecule has 5 amide bonds. The number of imide groups is 1. The van der Waals surface area contributed by atoms with Crippen LogP contribution in [0.1, 0.15) is 45.4 Å². The molecular formula is C26H26N4O7. The summed E-state index contributed by atoms with van der Waals surface area (Å²) in [7, 11) is 1.53. The van der Waals surface area contributed by atoms with Crippen LogP contribution in [0.25, 0.3) is 11.0 Å². The van der Waals surface area contributed by atoms with E-state index in [1.165, 1.54) is 13.2 Å². The third-order valence-corrected chi connectivity index (χ3v) is 6.66. The van der Waals surface area contributed by atoms with Gasteiger partial charge in [-0.25, -0.2) is 4.79 Å². The number of urea groups is 1. The van der Waals surface area contributed by atoms with Crippen LogP contribution in [0.5, 0.6) is 5.75 Å². The smallest absolute Gasteiger partial charge is 0.322 e. The van der Waals surface area contributed by atoms with Crippen molar-refractivity contribution in [2.45, 2.75) is 31.5 Å². The van der Waals surface area contributed by atoms with Crippen molar-refractivity contribution in [1.82, 2.24) is 20.9 Å². The summed E-state index contributed by atoms with van der Waals surface area (Å²) in [6, 6.07) is 11.1. The Kier molecular flexibility index (Phi) is 6.08. The average Bonchev–Trinajstić information content (AvgIpc) is 3.53. The van der Waals surface area contributed by atoms with Gasteiger partial charge in [0.15, 0.2) is 5.54 Å². The molecule has 1 fully saturated rings. The van der Waals surface area contributed by atoms with Gasteiger partial charge in [-0.15, -0.1) is 0 Å². The first-order valence-corrected chi connectivity index (χ1v) is 11.8. The Balaban J connectivity index is 1.40. The van der Waals surface area contributed by atoms with Gasteiger partial charge in [0.25, 0.3) is 17.7 Å². The standard InChI is InChI=1S/C26H26N4O7/c1-14(31)12-27-22(32)16-4-3-15-10-21(37-20(15)9-16)26(24(34)28-25(35)29-26)7-8-30-13-17-5-6-18(36-2)11-19(17)23(30)33/h3-6,9-11,14,31H,7-8,12-13H2,1-2H3,(H,27,32)(H2,28,29,34,35). The highest BCUT2D eigenvalue weighted by Gasteiger charge is 2.50. The van der Waals surface area contributed by atoms with E-state index in [0.717, 1.165) is 5.56 Å². The van der Waals surface area contributed by atoms with Crippen molar-refractivity contribution in [2.24, 2.45) is 0 Å². The second-order valence-electron chi connectivity index (χ2n) is 9.24. The minimum Gasteiger partial charge on any atom is -0.497 e. The lowest BCUT2D eigenvalue weighted by Gasteiger charge is -2.26. The van der Waals surface area contributed by atoms with Crippen LogP contribution >= 0.6 is 0 Å². The van der Waals surface area contributed by atoms with Crippen molar-refractivity contribution in [3.05, 3.63) is 64.9 Å². The van der Waals surface area contributed by atoms with Crippen LogP contribution in [0.2, 0.25) is 0 Å². The van der Waals surface area contributed by atoms with Crippen LogP contribution in [-0.2, 0) is 16.9 Å². The normalized spacial score (nSPS) is 19.5. The predicted octanol–water partition coefficient (Wildman–Crippen LogP) is 1.63. The zero-order chi connectivity index (χ0) is 26.3. The molecule has 0 radical (unpaired) electrons. The number of carbonyl (C=O) groups is 4. The molecule has 2 atom stereocenters. The molecule has 3 aromatic rings. The largest absolute Gasteiger partial charge is 0.497 e. The van der Waals surface area contributed by atoms with E-state index in [0.29, 0.717) is 34.4 Å². The summed E-state index contributed by atoms with van der Waals surface area (Å²) in [4.78, 5) is 52.2. The second-order valence-corrected chi connectivity index (χ2v) is 9.24. The van der Waals surface area contributed by atoms with Crippen LogP contribution in [-0.4, -0.2) is 60.1 Å². The molecule has 37 heavy (non-hydrogen) atoms. The number of ether oxygens (including phenoxy) is 1. The fourth-order valence-electron chi connectivity index (χ4n) is 4.64. The monoisotopic (exact) mass is 506 g/mol. The van der Waals surface area contributed by atoms with Gasteiger partial charge in [-0.2, -0.15) is 0 Å². The number of fused-ring (bicyclic) bond motifs is 2. The molecule has 11 heteroatoms. The van der Waals surface area contributed by atoms with Gasteiger partial charge in [0.1, 0.15) is 17.1 Å². The topological polar surface area (TPSA) is 150 Å². The molecule has 1 aromatic heterocycles. The number of furan rings is 1. The van der Waals surface area contributed by atoms with Crippen molar-refractivity contribution < 1.29 is 33.4 Å². The van der Waals surface area contributed by atoms with Gasteiger partial charge in [0, 0.05) is 42.6 Å². The summed E-state index contributed by atoms with van der Waals surface area (Å²) in [5.74, 6) is -0.387. The van der Waals surface area contributed by atoms with E-state index in [4.69, 9.17) is 9.15 Å². The minimum atomic E-state index is -1.53. The van der Waals surface area contributed by atoms with Gasteiger partial charge >= 0.3 is 6.03 Å². The molecule has 11 nitrogen and oxygen atoms in total. The van der Waals surface area contributed by atoms with Crippen molar-refractivity contribution in [3.8, 4) is 5.75 Å². The summed E-state index contributed by atoms with van der Waals surface area (Å²) < 4.78 is 11.2. The molecular weight excluding hydrogens is 480 g/mol. The molecule has 5 rings (SSSR count). The van der Waals surface area contributed by atoms with E-state index >= 15 is 0 Å². The van der Waals surface area contributed by atoms with Crippen LogP contribution in [0, 0.1) is 0 Å². The lowest BCUT2D eigenvalue weighted by Crippen LogP contribution is -2.46. The zero-order valence-corrected chi connectivity index (χ0v) is 20.3. The number of methoxy groups -OCH3 is 1. The number of nitrogens with zero attached hydrogens (tertiary/aromatic N) is 1. The molecule has 0 aliphatic carbocycles. The summed E-state index contributed by atoms with van der Waals surface area (Å²) in [6.07, 6.45) is -0.618. The van der Waals surface area contributed by atoms with Crippen LogP contribution < -0.4 is 20.7 Å². The quantitative estimate of drug-likeness (QED) is 0.339. The van der Waals surface area contributed by atoms with Crippen molar-refractivity contribution >= 4 is 34.7 Å². The first-order chi connectivity index (χ1) is 17.7. The van der Waals surface area contributed by atoms with Crippen molar-refractivity contribution in [2.75, 3.05) is 20.2 Å². The first-order valence-electron chi connectivity index (χ1n) is 11.8. The fraction of sp³-hybridized carbons (Fsp3) is 0.308. The maximum Gasteiger partial charge on any atom is 0.322 e. The van der Waals surface area contributed by atoms with E-state index in [9.17, 15) is 24.3 Å². The second kappa shape index (κ2) is 9.25. The van der Waals surface area contributed by atoms with Crippen LogP contribution in [0.15, 0.2) is 46.9 Å². The number of nitrogens with one attached hydrogen (secondary N) is 3. The van der Waals surface area contributed by atoms with E-state index in [2.05, 4.69) is 16.0 Å². The van der Waals surface area contributed by atoms with Crippen LogP contribution in [0.3, 0.4) is 0 Å². The summed E-state index contributed by atoms with van der Waals surface area (Å²) >= 11 is 0. The van der Waals surface area contributed by atoms with Gasteiger partial charge in [-0.05, 0) is 42.8 Å². The molecule has 2 aromatic carbocycles. The average molecular weight is 507 g/mol. The van der Waals surface area contributed by atoms with Crippen molar-refractivity contribution in [1.29, 1.82) is 0 Å². The lowest BCUT2D eigenvalue weighted by molar-refractivity contribution is -0.125. The number of aliphatic hydroxyl groups excluding tert-OH is 1. The molecule has 2 unspecified atom stereocenters. The first kappa shape index (κ1) is 24.3. The zero-order valence-electron chi connectivity index (χ0n) is 20.3. The van der Waals surface area contributed by atoms with Gasteiger partial charge in [-0.3, -0.25) is 19.7 Å². The summed E-state index contributed by atoms with van der Waals surface area (Å²) in [5.41, 5.74) is 0.532. The van der Waals surface area contributed by atoms with Gasteiger partial charge in [0.05, 0.1) is 13.2 Å². The maximum absolute atomic E-state index is 13.0. The van der Waals surface area contributed by atoms with E-state index in [1.54, 1.807) is 42.2 Å². The highest BCUT2D eigenvalue weighted by molar-refractivity contribution is 6.07. The number of carbonyl (C=O) groups excluding carboxylic acids is 4. The Labute approximate surface area is 211 Å². The molecule has 2 aliphatic rings. The Bertz CT molecular complexity index is 1430. The molecule has 0 saturated carbocycles. The van der Waals surface area contributed by atoms with Crippen LogP contribution in [0.4, 0.5) is 4.79 Å². The predicted molar refractivity (Wildman–Crippen MR) is 131 cm³/mol. The summed E-state index contributed by atoms with van der Waals surface area (Å²) in [5, 5.41) is 17.6. The number of amides is 5. The number of benzene rings is 2. The SMILES string of the molecule is COc1ccc2c(c1)C(=O)N(CCC1(c3cc4ccc(C(=O)NCC(C)O)cc4o3)NC(=O)NC1=O)C2. The van der Waals surface area contributed by atoms with E-state index in [1.807, 2.05) is 6.07 Å². The molecule has 0 spiro atoms. The summed E-state index contributed by atoms with van der Waals surface area (Å²) in [6.45, 7) is 2.21. The number of aliphatic hydroxyl groups is 1. The van der Waals surface area contributed by atoms with Crippen molar-refractivity contribution in [3.63, 3.8) is 0 Å². The lowest BCUT2D eigenvalue weighted by atomic mass is 9.91. The fourth-order valence-corrected chi connectivity index (χ4v) is 4.64. The Morgan fingerprint density at radius 1 is 1.22 bits per heavy atom. The molecule has 2 aliphatic heterocycles. The molecule has 4 N–H and O–H groups in total. The van der Waals surface area contributed by atoms with Gasteiger partial charge in [-0.1, -0.05) is 12.1 Å². The Morgan fingerprint density at radius 2 is 2.03 bits per heavy atom. The third-order valence-electron chi connectivity index (χ3n) is 6.66. The molecule has 1 saturated heterocycles. The number of hydrogen-bond donors (Lipinski definition) is 4. The Hall–Kier alpha value is -4.38. The number of rotatable bonds is 8. The maximum atomic E-state index is 13.0. The van der Waals surface area contributed by atoms with Gasteiger partial charge < -0.3 is 29.8 Å².